The maximum absolute atomic E-state index is 5.83. The van der Waals surface area contributed by atoms with Crippen LogP contribution in [0.3, 0.4) is 0 Å². The molecule has 0 spiro atoms. The van der Waals surface area contributed by atoms with Crippen molar-refractivity contribution < 1.29 is 9.47 Å². The predicted molar refractivity (Wildman–Crippen MR) is 66.4 cm³/mol. The topological polar surface area (TPSA) is 18.5 Å². The minimum atomic E-state index is -0.0480. The third-order valence-corrected chi connectivity index (χ3v) is 3.46. The van der Waals surface area contributed by atoms with Crippen LogP contribution in [-0.4, -0.2) is 24.8 Å². The Morgan fingerprint density at radius 1 is 1.20 bits per heavy atom. The van der Waals surface area contributed by atoms with Crippen molar-refractivity contribution in [2.45, 2.75) is 57.5 Å². The molecule has 15 heavy (non-hydrogen) atoms. The van der Waals surface area contributed by atoms with Crippen molar-refractivity contribution in [1.82, 2.24) is 0 Å². The summed E-state index contributed by atoms with van der Waals surface area (Å²) < 4.78 is 11.1. The van der Waals surface area contributed by atoms with Gasteiger partial charge in [-0.15, -0.1) is 12.6 Å². The fourth-order valence-electron chi connectivity index (χ4n) is 2.16. The summed E-state index contributed by atoms with van der Waals surface area (Å²) in [6.45, 7) is 5.62. The van der Waals surface area contributed by atoms with Crippen molar-refractivity contribution in [2.24, 2.45) is 5.92 Å². The van der Waals surface area contributed by atoms with Crippen molar-refractivity contribution in [2.75, 3.05) is 13.2 Å². The van der Waals surface area contributed by atoms with Crippen LogP contribution in [0.25, 0.3) is 0 Å². The third-order valence-electron chi connectivity index (χ3n) is 3.19. The Kier molecular flexibility index (Phi) is 6.69. The van der Waals surface area contributed by atoms with Gasteiger partial charge in [-0.2, -0.15) is 0 Å². The average Bonchev–Trinajstić information content (AvgIpc) is 2.27. The number of hydrogen-bond acceptors (Lipinski definition) is 3. The van der Waals surface area contributed by atoms with Crippen LogP contribution in [0.4, 0.5) is 0 Å². The lowest BCUT2D eigenvalue weighted by Gasteiger charge is -2.29. The molecule has 3 heteroatoms. The molecule has 1 unspecified atom stereocenters. The summed E-state index contributed by atoms with van der Waals surface area (Å²) in [7, 11) is 0. The molecule has 0 saturated heterocycles. The van der Waals surface area contributed by atoms with Crippen molar-refractivity contribution in [3.63, 3.8) is 0 Å². The van der Waals surface area contributed by atoms with E-state index < -0.39 is 0 Å². The summed E-state index contributed by atoms with van der Waals surface area (Å²) in [5.74, 6) is 0.926. The fourth-order valence-corrected chi connectivity index (χ4v) is 2.43. The molecule has 1 fully saturated rings. The van der Waals surface area contributed by atoms with E-state index in [2.05, 4.69) is 19.6 Å². The van der Waals surface area contributed by atoms with E-state index in [1.807, 2.05) is 6.92 Å². The van der Waals surface area contributed by atoms with Gasteiger partial charge < -0.3 is 9.47 Å². The van der Waals surface area contributed by atoms with Crippen LogP contribution in [0.1, 0.15) is 46.0 Å². The van der Waals surface area contributed by atoms with E-state index in [4.69, 9.17) is 9.47 Å². The molecule has 1 rings (SSSR count). The van der Waals surface area contributed by atoms with Crippen LogP contribution >= 0.6 is 12.6 Å². The Hall–Kier alpha value is 0.270. The first-order valence-corrected chi connectivity index (χ1v) is 6.69. The second-order valence-electron chi connectivity index (χ2n) is 4.30. The van der Waals surface area contributed by atoms with Gasteiger partial charge in [0.15, 0.2) is 0 Å². The van der Waals surface area contributed by atoms with Crippen molar-refractivity contribution in [3.8, 4) is 0 Å². The Morgan fingerprint density at radius 3 is 2.40 bits per heavy atom. The molecule has 0 aromatic rings. The highest BCUT2D eigenvalue weighted by atomic mass is 32.1. The van der Waals surface area contributed by atoms with Gasteiger partial charge in [-0.3, -0.25) is 0 Å². The van der Waals surface area contributed by atoms with Gasteiger partial charge in [0.2, 0.25) is 0 Å². The molecule has 0 heterocycles. The van der Waals surface area contributed by atoms with Crippen LogP contribution in [0.5, 0.6) is 0 Å². The van der Waals surface area contributed by atoms with Crippen molar-refractivity contribution in [3.05, 3.63) is 0 Å². The zero-order valence-electron chi connectivity index (χ0n) is 9.95. The Labute approximate surface area is 99.1 Å². The minimum Gasteiger partial charge on any atom is -0.378 e. The van der Waals surface area contributed by atoms with E-state index in [0.29, 0.717) is 12.7 Å². The first-order chi connectivity index (χ1) is 7.26. The zero-order chi connectivity index (χ0) is 11.1. The lowest BCUT2D eigenvalue weighted by atomic mass is 9.86. The molecule has 1 atom stereocenters. The number of thiol groups is 1. The van der Waals surface area contributed by atoms with Crippen LogP contribution in [0.15, 0.2) is 0 Å². The highest BCUT2D eigenvalue weighted by molar-refractivity contribution is 7.80. The van der Waals surface area contributed by atoms with E-state index in [1.54, 1.807) is 0 Å². The molecule has 0 aromatic heterocycles. The number of hydrogen-bond donors (Lipinski definition) is 1. The number of ether oxygens (including phenoxy) is 2. The average molecular weight is 232 g/mol. The normalized spacial score (nSPS) is 29.0. The third kappa shape index (κ3) is 5.23. The molecule has 0 aromatic carbocycles. The number of rotatable bonds is 6. The summed E-state index contributed by atoms with van der Waals surface area (Å²) in [5, 5.41) is 0. The van der Waals surface area contributed by atoms with Crippen LogP contribution in [0.2, 0.25) is 0 Å². The van der Waals surface area contributed by atoms with E-state index >= 15 is 0 Å². The molecular weight excluding hydrogens is 208 g/mol. The molecule has 1 aliphatic carbocycles. The lowest BCUT2D eigenvalue weighted by molar-refractivity contribution is -0.0308. The molecule has 0 N–H and O–H groups in total. The second-order valence-corrected chi connectivity index (χ2v) is 4.88. The van der Waals surface area contributed by atoms with Gasteiger partial charge in [-0.25, -0.2) is 0 Å². The molecule has 0 amide bonds. The molecule has 0 radical (unpaired) electrons. The fraction of sp³-hybridized carbons (Fsp3) is 1.00. The van der Waals surface area contributed by atoms with Crippen molar-refractivity contribution in [1.29, 1.82) is 0 Å². The van der Waals surface area contributed by atoms with Crippen LogP contribution in [-0.2, 0) is 9.47 Å². The van der Waals surface area contributed by atoms with Gasteiger partial charge in [0.05, 0.1) is 12.7 Å². The first-order valence-electron chi connectivity index (χ1n) is 6.17. The highest BCUT2D eigenvalue weighted by Crippen LogP contribution is 2.29. The van der Waals surface area contributed by atoms with Gasteiger partial charge in [0, 0.05) is 6.61 Å². The molecule has 2 nitrogen and oxygen atoms in total. The maximum atomic E-state index is 5.83. The highest BCUT2D eigenvalue weighted by Gasteiger charge is 2.22. The Morgan fingerprint density at radius 2 is 1.87 bits per heavy atom. The van der Waals surface area contributed by atoms with Gasteiger partial charge >= 0.3 is 0 Å². The maximum Gasteiger partial charge on any atom is 0.124 e. The standard InChI is InChI=1S/C12H24O2S/c1-3-10-5-7-11(8-6-10)14-12(15)9-13-4-2/h10-12,15H,3-9H2,1-2H3. The Bertz CT molecular complexity index is 156. The Balaban J connectivity index is 2.12. The summed E-state index contributed by atoms with van der Waals surface area (Å²) in [5.41, 5.74) is -0.0480. The predicted octanol–water partition coefficient (Wildman–Crippen LogP) is 3.26. The van der Waals surface area contributed by atoms with E-state index in [1.165, 1.54) is 32.1 Å². The van der Waals surface area contributed by atoms with Gasteiger partial charge in [0.1, 0.15) is 5.44 Å². The monoisotopic (exact) mass is 232 g/mol. The minimum absolute atomic E-state index is 0.0480. The first kappa shape index (κ1) is 13.3. The summed E-state index contributed by atoms with van der Waals surface area (Å²) in [4.78, 5) is 0. The SMILES string of the molecule is CCOCC(S)OC1CCC(CC)CC1. The van der Waals surface area contributed by atoms with Crippen LogP contribution < -0.4 is 0 Å². The quantitative estimate of drug-likeness (QED) is 0.560. The second kappa shape index (κ2) is 7.53. The van der Waals surface area contributed by atoms with Gasteiger partial charge in [-0.1, -0.05) is 13.3 Å². The largest absolute Gasteiger partial charge is 0.378 e. The van der Waals surface area contributed by atoms with Gasteiger partial charge in [0.25, 0.3) is 0 Å². The summed E-state index contributed by atoms with van der Waals surface area (Å²) in [6.07, 6.45) is 6.75. The van der Waals surface area contributed by atoms with E-state index in [-0.39, 0.29) is 5.44 Å². The lowest BCUT2D eigenvalue weighted by Crippen LogP contribution is -2.26. The summed E-state index contributed by atoms with van der Waals surface area (Å²) in [6, 6.07) is 0. The van der Waals surface area contributed by atoms with E-state index in [0.717, 1.165) is 12.5 Å². The molecule has 90 valence electrons. The smallest absolute Gasteiger partial charge is 0.124 e. The van der Waals surface area contributed by atoms with Gasteiger partial charge in [-0.05, 0) is 38.5 Å². The molecule has 0 bridgehead atoms. The summed E-state index contributed by atoms with van der Waals surface area (Å²) >= 11 is 4.37. The van der Waals surface area contributed by atoms with E-state index in [9.17, 15) is 0 Å². The zero-order valence-corrected chi connectivity index (χ0v) is 10.8. The van der Waals surface area contributed by atoms with Crippen LogP contribution in [0, 0.1) is 5.92 Å². The molecule has 1 aliphatic rings. The molecular formula is C12H24O2S. The molecule has 0 aliphatic heterocycles. The molecule has 1 saturated carbocycles. The van der Waals surface area contributed by atoms with Crippen molar-refractivity contribution >= 4 is 12.6 Å².